The summed E-state index contributed by atoms with van der Waals surface area (Å²) in [5.74, 6) is -7.07. The number of aldehydes is 1. The molecule has 25 unspecified atom stereocenters. The minimum atomic E-state index is -3.22. The lowest BCUT2D eigenvalue weighted by Crippen LogP contribution is -2.72. The van der Waals surface area contributed by atoms with E-state index < -0.39 is 203 Å². The first kappa shape index (κ1) is 56.7. The van der Waals surface area contributed by atoms with Gasteiger partial charge in [0.05, 0.1) is 44.7 Å². The quantitative estimate of drug-likeness (QED) is 0.0475. The number of carbonyl (C=O) groups is 4. The van der Waals surface area contributed by atoms with Crippen molar-refractivity contribution in [2.75, 3.05) is 26.4 Å². The Bertz CT molecular complexity index is 1620. The molecule has 30 nitrogen and oxygen atoms in total. The summed E-state index contributed by atoms with van der Waals surface area (Å²) in [4.78, 5) is 49.6. The first-order valence-corrected chi connectivity index (χ1v) is 20.9. The molecule has 0 aromatic carbocycles. The molecule has 30 heteroatoms. The van der Waals surface area contributed by atoms with Gasteiger partial charge in [0.2, 0.25) is 11.8 Å². The Hall–Kier alpha value is -2.84. The van der Waals surface area contributed by atoms with Crippen molar-refractivity contribution in [3.05, 3.63) is 0 Å². The standard InChI is InChI=1S/C37H62N2O28/c1-10-21(51)25(55)26(56)34(60-10)65-31-20(39-12(3)46)33(63-28(16(50)7-42)22(52)14(48)5-40)62-18(9-44)29(31)64-35-27(57)32(24(54)17(8-43)61-35)67-37(36(58)59)4-13(47)19(38-11(2)45)30(66-37)23(53)15(49)6-41/h7,10,13-35,40-41,43-44,47-57H,4-6,8-9H2,1-3H3,(H,38,45)(H,39,46)(H,58,59). The molecule has 4 aliphatic rings. The Labute approximate surface area is 379 Å². The van der Waals surface area contributed by atoms with Gasteiger partial charge in [-0.2, -0.15) is 0 Å². The number of carbonyl (C=O) groups excluding carboxylic acids is 3. The number of aliphatic carboxylic acids is 1. The minimum Gasteiger partial charge on any atom is -0.477 e. The van der Waals surface area contributed by atoms with Crippen molar-refractivity contribution in [1.82, 2.24) is 10.6 Å². The third-order valence-electron chi connectivity index (χ3n) is 11.6. The van der Waals surface area contributed by atoms with Crippen LogP contribution in [0, 0.1) is 0 Å². The Morgan fingerprint density at radius 3 is 1.79 bits per heavy atom. The molecule has 0 bridgehead atoms. The van der Waals surface area contributed by atoms with Crippen molar-refractivity contribution in [2.24, 2.45) is 0 Å². The summed E-state index contributed by atoms with van der Waals surface area (Å²) in [6, 6.07) is -3.58. The van der Waals surface area contributed by atoms with Gasteiger partial charge < -0.3 is 135 Å². The van der Waals surface area contributed by atoms with Crippen LogP contribution in [0.15, 0.2) is 0 Å². The minimum absolute atomic E-state index is 0.139. The summed E-state index contributed by atoms with van der Waals surface area (Å²) >= 11 is 0. The molecular weight excluding hydrogens is 920 g/mol. The number of nitrogens with one attached hydrogen (secondary N) is 2. The zero-order chi connectivity index (χ0) is 50.4. The number of amides is 2. The summed E-state index contributed by atoms with van der Waals surface area (Å²) < 4.78 is 46.2. The SMILES string of the molecule is CC(=O)NC1C(O)CC(OC2C(O)C(CO)OC(OC3C(CO)OC(OC(C(O)C=O)C(O)C(O)CO)C(NC(C)=O)C3OC3OC(C)C(O)C(O)C3O)C2O)(C(=O)O)OC1C(O)C(O)CO. The van der Waals surface area contributed by atoms with Crippen molar-refractivity contribution >= 4 is 24.1 Å². The summed E-state index contributed by atoms with van der Waals surface area (Å²) in [6.45, 7) is -1.41. The fourth-order valence-corrected chi connectivity index (χ4v) is 8.01. The van der Waals surface area contributed by atoms with Crippen LogP contribution in [-0.4, -0.2) is 285 Å². The van der Waals surface area contributed by atoms with E-state index in [2.05, 4.69) is 10.6 Å². The van der Waals surface area contributed by atoms with E-state index in [4.69, 9.17) is 37.9 Å². The molecule has 4 fully saturated rings. The summed E-state index contributed by atoms with van der Waals surface area (Å²) in [5, 5.41) is 174. The van der Waals surface area contributed by atoms with E-state index >= 15 is 0 Å². The first-order valence-electron chi connectivity index (χ1n) is 20.9. The van der Waals surface area contributed by atoms with Crippen LogP contribution in [0.1, 0.15) is 27.2 Å². The van der Waals surface area contributed by atoms with E-state index in [1.165, 1.54) is 6.92 Å². The third-order valence-corrected chi connectivity index (χ3v) is 11.6. The summed E-state index contributed by atoms with van der Waals surface area (Å²) in [5.41, 5.74) is 0. The molecule has 0 aliphatic carbocycles. The topological polar surface area (TPSA) is 490 Å². The van der Waals surface area contributed by atoms with E-state index in [0.717, 1.165) is 13.8 Å². The molecular formula is C37H62N2O28. The lowest BCUT2D eigenvalue weighted by Gasteiger charge is -2.52. The highest BCUT2D eigenvalue weighted by molar-refractivity contribution is 5.76. The molecule has 0 saturated carbocycles. The second-order valence-electron chi connectivity index (χ2n) is 16.5. The number of aliphatic hydroxyl groups is 15. The fourth-order valence-electron chi connectivity index (χ4n) is 8.01. The average Bonchev–Trinajstić information content (AvgIpc) is 3.29. The highest BCUT2D eigenvalue weighted by Crippen LogP contribution is 2.39. The van der Waals surface area contributed by atoms with Gasteiger partial charge in [0.25, 0.3) is 5.79 Å². The van der Waals surface area contributed by atoms with E-state index in [1.54, 1.807) is 0 Å². The van der Waals surface area contributed by atoms with Gasteiger partial charge in [-0.3, -0.25) is 9.59 Å². The molecule has 388 valence electrons. The molecule has 0 radical (unpaired) electrons. The zero-order valence-corrected chi connectivity index (χ0v) is 36.0. The Morgan fingerprint density at radius 2 is 1.25 bits per heavy atom. The van der Waals surface area contributed by atoms with Crippen LogP contribution in [0.2, 0.25) is 0 Å². The molecule has 4 rings (SSSR count). The second-order valence-corrected chi connectivity index (χ2v) is 16.5. The first-order chi connectivity index (χ1) is 31.4. The Kier molecular flexibility index (Phi) is 20.6. The lowest BCUT2D eigenvalue weighted by molar-refractivity contribution is -0.393. The number of hydrogen-bond acceptors (Lipinski definition) is 27. The molecule has 18 N–H and O–H groups in total. The van der Waals surface area contributed by atoms with Crippen LogP contribution >= 0.6 is 0 Å². The number of hydrogen-bond donors (Lipinski definition) is 18. The molecule has 25 atom stereocenters. The van der Waals surface area contributed by atoms with Crippen molar-refractivity contribution in [3.8, 4) is 0 Å². The number of aliphatic hydroxyl groups excluding tert-OH is 15. The molecule has 0 spiro atoms. The summed E-state index contributed by atoms with van der Waals surface area (Å²) in [6.07, 6.45) is -46.8. The lowest BCUT2D eigenvalue weighted by atomic mass is 9.88. The molecule has 67 heavy (non-hydrogen) atoms. The molecule has 4 aliphatic heterocycles. The van der Waals surface area contributed by atoms with Gasteiger partial charge in [-0.25, -0.2) is 4.79 Å². The summed E-state index contributed by atoms with van der Waals surface area (Å²) in [7, 11) is 0. The van der Waals surface area contributed by atoms with Crippen LogP contribution in [0.5, 0.6) is 0 Å². The number of carboxylic acid groups (broad SMARTS) is 1. The third kappa shape index (κ3) is 12.7. The van der Waals surface area contributed by atoms with Crippen LogP contribution in [0.3, 0.4) is 0 Å². The van der Waals surface area contributed by atoms with Gasteiger partial charge >= 0.3 is 5.97 Å². The van der Waals surface area contributed by atoms with Gasteiger partial charge in [0.15, 0.2) is 25.2 Å². The van der Waals surface area contributed by atoms with Gasteiger partial charge in [-0.1, -0.05) is 0 Å². The van der Waals surface area contributed by atoms with E-state index in [1.807, 2.05) is 0 Å². The maximum Gasteiger partial charge on any atom is 0.364 e. The van der Waals surface area contributed by atoms with Gasteiger partial charge in [-0.15, -0.1) is 0 Å². The maximum absolute atomic E-state index is 13.0. The predicted octanol–water partition coefficient (Wildman–Crippen LogP) is -11.6. The number of ether oxygens (including phenoxy) is 8. The van der Waals surface area contributed by atoms with Gasteiger partial charge in [-0.05, 0) is 6.92 Å². The second kappa shape index (κ2) is 24.3. The van der Waals surface area contributed by atoms with E-state index in [-0.39, 0.29) is 6.29 Å². The zero-order valence-electron chi connectivity index (χ0n) is 36.0. The van der Waals surface area contributed by atoms with Crippen molar-refractivity contribution in [2.45, 2.75) is 180 Å². The fraction of sp³-hybridized carbons (Fsp3) is 0.892. The smallest absolute Gasteiger partial charge is 0.364 e. The van der Waals surface area contributed by atoms with Crippen molar-refractivity contribution < 1.29 is 139 Å². The molecule has 2 amide bonds. The van der Waals surface area contributed by atoms with Crippen molar-refractivity contribution in [3.63, 3.8) is 0 Å². The van der Waals surface area contributed by atoms with Gasteiger partial charge in [0.1, 0.15) is 110 Å². The Balaban J connectivity index is 1.81. The van der Waals surface area contributed by atoms with Gasteiger partial charge in [0, 0.05) is 20.3 Å². The maximum atomic E-state index is 13.0. The number of rotatable bonds is 21. The predicted molar refractivity (Wildman–Crippen MR) is 207 cm³/mol. The molecule has 0 aromatic rings. The normalized spacial score (nSPS) is 42.1. The van der Waals surface area contributed by atoms with Crippen molar-refractivity contribution in [1.29, 1.82) is 0 Å². The van der Waals surface area contributed by atoms with Crippen LogP contribution in [-0.2, 0) is 57.1 Å². The molecule has 4 saturated heterocycles. The monoisotopic (exact) mass is 982 g/mol. The number of carboxylic acids is 1. The molecule has 0 aromatic heterocycles. The Morgan fingerprint density at radius 1 is 0.701 bits per heavy atom. The van der Waals surface area contributed by atoms with Crippen LogP contribution in [0.25, 0.3) is 0 Å². The average molecular weight is 983 g/mol. The highest BCUT2D eigenvalue weighted by Gasteiger charge is 2.61. The van der Waals surface area contributed by atoms with E-state index in [0.29, 0.717) is 0 Å². The van der Waals surface area contributed by atoms with Crippen LogP contribution < -0.4 is 10.6 Å². The largest absolute Gasteiger partial charge is 0.477 e. The van der Waals surface area contributed by atoms with Crippen LogP contribution in [0.4, 0.5) is 0 Å². The van der Waals surface area contributed by atoms with E-state index in [9.17, 15) is 101 Å². The highest BCUT2D eigenvalue weighted by atomic mass is 16.8. The molecule has 4 heterocycles.